The zero-order valence-corrected chi connectivity index (χ0v) is 16.0. The van der Waals surface area contributed by atoms with Gasteiger partial charge in [-0.25, -0.2) is 9.59 Å². The second kappa shape index (κ2) is 7.46. The third-order valence-electron chi connectivity index (χ3n) is 4.61. The Morgan fingerprint density at radius 2 is 1.76 bits per heavy atom. The monoisotopic (exact) mass is 347 g/mol. The van der Waals surface area contributed by atoms with Crippen LogP contribution in [0.3, 0.4) is 0 Å². The van der Waals surface area contributed by atoms with E-state index in [2.05, 4.69) is 13.8 Å². The van der Waals surface area contributed by atoms with Gasteiger partial charge in [0.2, 0.25) is 0 Å². The quantitative estimate of drug-likeness (QED) is 0.770. The Balaban J connectivity index is 2.47. The van der Waals surface area contributed by atoms with Gasteiger partial charge in [-0.15, -0.1) is 0 Å². The molecule has 1 aliphatic heterocycles. The van der Waals surface area contributed by atoms with Crippen molar-refractivity contribution >= 4 is 12.1 Å². The minimum atomic E-state index is -0.630. The number of hydrogen-bond acceptors (Lipinski definition) is 4. The van der Waals surface area contributed by atoms with E-state index in [0.29, 0.717) is 12.3 Å². The number of amides is 1. The maximum atomic E-state index is 12.9. The van der Waals surface area contributed by atoms with Gasteiger partial charge in [-0.3, -0.25) is 4.90 Å². The van der Waals surface area contributed by atoms with Crippen molar-refractivity contribution in [2.75, 3.05) is 7.11 Å². The van der Waals surface area contributed by atoms with E-state index in [-0.39, 0.29) is 12.0 Å². The summed E-state index contributed by atoms with van der Waals surface area (Å²) in [6.45, 7) is 9.71. The molecule has 5 nitrogen and oxygen atoms in total. The van der Waals surface area contributed by atoms with E-state index in [9.17, 15) is 9.59 Å². The molecule has 5 heteroatoms. The molecule has 0 bridgehead atoms. The molecule has 1 aromatic rings. The summed E-state index contributed by atoms with van der Waals surface area (Å²) in [6, 6.07) is 9.00. The van der Waals surface area contributed by atoms with Crippen LogP contribution in [-0.4, -0.2) is 35.7 Å². The summed E-state index contributed by atoms with van der Waals surface area (Å²) in [5.74, 6) is 0.0683. The first-order chi connectivity index (χ1) is 11.7. The number of carbonyl (C=O) groups is 2. The Morgan fingerprint density at radius 1 is 1.16 bits per heavy atom. The number of rotatable bonds is 3. The maximum Gasteiger partial charge on any atom is 0.411 e. The summed E-state index contributed by atoms with van der Waals surface area (Å²) in [5, 5.41) is 0. The number of benzene rings is 1. The summed E-state index contributed by atoms with van der Waals surface area (Å²) in [5.41, 5.74) is 0.382. The number of carbonyl (C=O) groups excluding carboxylic acids is 2. The van der Waals surface area contributed by atoms with Crippen LogP contribution in [0.5, 0.6) is 0 Å². The Kier molecular flexibility index (Phi) is 5.76. The zero-order valence-electron chi connectivity index (χ0n) is 16.0. The van der Waals surface area contributed by atoms with Crippen molar-refractivity contribution in [3.63, 3.8) is 0 Å². The number of likely N-dealkylation sites (tertiary alicyclic amines) is 1. The van der Waals surface area contributed by atoms with Gasteiger partial charge in [0.25, 0.3) is 0 Å². The van der Waals surface area contributed by atoms with Gasteiger partial charge in [-0.2, -0.15) is 0 Å². The van der Waals surface area contributed by atoms with E-state index in [1.165, 1.54) is 7.11 Å². The molecule has 1 heterocycles. The van der Waals surface area contributed by atoms with Crippen molar-refractivity contribution in [2.24, 2.45) is 11.8 Å². The van der Waals surface area contributed by atoms with Crippen molar-refractivity contribution in [1.82, 2.24) is 4.90 Å². The van der Waals surface area contributed by atoms with Gasteiger partial charge < -0.3 is 9.47 Å². The minimum Gasteiger partial charge on any atom is -0.467 e. The van der Waals surface area contributed by atoms with E-state index in [4.69, 9.17) is 9.47 Å². The fraction of sp³-hybridized carbons (Fsp3) is 0.600. The zero-order chi connectivity index (χ0) is 18.8. The summed E-state index contributed by atoms with van der Waals surface area (Å²) < 4.78 is 10.6. The van der Waals surface area contributed by atoms with Crippen LogP contribution >= 0.6 is 0 Å². The molecule has 1 amide bonds. The van der Waals surface area contributed by atoms with Gasteiger partial charge in [0.05, 0.1) is 13.2 Å². The number of hydrogen-bond donors (Lipinski definition) is 0. The van der Waals surface area contributed by atoms with E-state index in [1.807, 2.05) is 51.1 Å². The Morgan fingerprint density at radius 3 is 2.24 bits per heavy atom. The van der Waals surface area contributed by atoms with Crippen LogP contribution in [-0.2, 0) is 14.3 Å². The third kappa shape index (κ3) is 4.33. The van der Waals surface area contributed by atoms with Gasteiger partial charge >= 0.3 is 12.1 Å². The van der Waals surface area contributed by atoms with Crippen molar-refractivity contribution in [3.05, 3.63) is 35.9 Å². The first-order valence-corrected chi connectivity index (χ1v) is 8.79. The predicted molar refractivity (Wildman–Crippen MR) is 96.0 cm³/mol. The highest BCUT2D eigenvalue weighted by atomic mass is 16.6. The van der Waals surface area contributed by atoms with Crippen LogP contribution in [0.1, 0.15) is 52.6 Å². The summed E-state index contributed by atoms with van der Waals surface area (Å²) in [7, 11) is 1.36. The Labute approximate surface area is 150 Å². The van der Waals surface area contributed by atoms with Gasteiger partial charge in [-0.05, 0) is 44.6 Å². The molecule has 0 spiro atoms. The SMILES string of the molecule is COC(=O)[C@@H]1C[C@@H](C(C)C)[C@H](c2ccccc2)N1C(=O)OC(C)(C)C. The lowest BCUT2D eigenvalue weighted by Gasteiger charge is -2.33. The summed E-state index contributed by atoms with van der Waals surface area (Å²) in [4.78, 5) is 26.9. The summed E-state index contributed by atoms with van der Waals surface area (Å²) >= 11 is 0. The van der Waals surface area contributed by atoms with E-state index < -0.39 is 23.7 Å². The number of nitrogens with zero attached hydrogens (tertiary/aromatic N) is 1. The maximum absolute atomic E-state index is 12.9. The van der Waals surface area contributed by atoms with Crippen LogP contribution in [0, 0.1) is 11.8 Å². The molecule has 2 rings (SSSR count). The van der Waals surface area contributed by atoms with E-state index in [1.54, 1.807) is 4.90 Å². The molecule has 0 N–H and O–H groups in total. The van der Waals surface area contributed by atoms with Gasteiger partial charge in [0.15, 0.2) is 0 Å². The van der Waals surface area contributed by atoms with Crippen LogP contribution in [0.15, 0.2) is 30.3 Å². The smallest absolute Gasteiger partial charge is 0.411 e. The predicted octanol–water partition coefficient (Wildman–Crippen LogP) is 4.18. The fourth-order valence-electron chi connectivity index (χ4n) is 3.50. The molecular weight excluding hydrogens is 318 g/mol. The van der Waals surface area contributed by atoms with Gasteiger partial charge in [0.1, 0.15) is 11.6 Å². The first-order valence-electron chi connectivity index (χ1n) is 8.79. The third-order valence-corrected chi connectivity index (χ3v) is 4.61. The van der Waals surface area contributed by atoms with Crippen molar-refractivity contribution in [2.45, 2.75) is 58.7 Å². The molecule has 0 saturated carbocycles. The van der Waals surface area contributed by atoms with Crippen LogP contribution in [0.25, 0.3) is 0 Å². The second-order valence-electron chi connectivity index (χ2n) is 7.93. The second-order valence-corrected chi connectivity index (χ2v) is 7.93. The molecule has 1 aromatic carbocycles. The van der Waals surface area contributed by atoms with Crippen LogP contribution in [0.2, 0.25) is 0 Å². The Hall–Kier alpha value is -2.04. The van der Waals surface area contributed by atoms with Crippen molar-refractivity contribution in [3.8, 4) is 0 Å². The highest BCUT2D eigenvalue weighted by molar-refractivity contribution is 5.82. The lowest BCUT2D eigenvalue weighted by atomic mass is 9.84. The average Bonchev–Trinajstić information content (AvgIpc) is 2.94. The highest BCUT2D eigenvalue weighted by Gasteiger charge is 2.50. The standard InChI is InChI=1S/C20H29NO4/c1-13(2)15-12-16(18(22)24-6)21(19(23)25-20(3,4)5)17(15)14-10-8-7-9-11-14/h7-11,13,15-17H,12H2,1-6H3/t15-,16-,17-/m0/s1. The first kappa shape index (κ1) is 19.3. The molecule has 25 heavy (non-hydrogen) atoms. The molecule has 1 fully saturated rings. The molecule has 138 valence electrons. The molecule has 1 saturated heterocycles. The topological polar surface area (TPSA) is 55.8 Å². The summed E-state index contributed by atoms with van der Waals surface area (Å²) in [6.07, 6.45) is 0.100. The van der Waals surface area contributed by atoms with Crippen LogP contribution < -0.4 is 0 Å². The highest BCUT2D eigenvalue weighted by Crippen LogP contribution is 2.45. The molecule has 0 unspecified atom stereocenters. The molecule has 0 aromatic heterocycles. The molecular formula is C20H29NO4. The fourth-order valence-corrected chi connectivity index (χ4v) is 3.50. The van der Waals surface area contributed by atoms with E-state index in [0.717, 1.165) is 5.56 Å². The van der Waals surface area contributed by atoms with Crippen LogP contribution in [0.4, 0.5) is 4.79 Å². The number of esters is 1. The lowest BCUT2D eigenvalue weighted by Crippen LogP contribution is -2.45. The molecule has 1 aliphatic rings. The van der Waals surface area contributed by atoms with Crippen molar-refractivity contribution in [1.29, 1.82) is 0 Å². The molecule has 3 atom stereocenters. The largest absolute Gasteiger partial charge is 0.467 e. The van der Waals surface area contributed by atoms with Crippen molar-refractivity contribution < 1.29 is 19.1 Å². The van der Waals surface area contributed by atoms with E-state index >= 15 is 0 Å². The number of methoxy groups -OCH3 is 1. The van der Waals surface area contributed by atoms with Gasteiger partial charge in [-0.1, -0.05) is 44.2 Å². The lowest BCUT2D eigenvalue weighted by molar-refractivity contribution is -0.146. The number of ether oxygens (including phenoxy) is 2. The van der Waals surface area contributed by atoms with Gasteiger partial charge in [0, 0.05) is 0 Å². The average molecular weight is 347 g/mol. The minimum absolute atomic E-state index is 0.152. The Bertz CT molecular complexity index is 606. The normalized spacial score (nSPS) is 23.6. The molecule has 0 radical (unpaired) electrons. The molecule has 0 aliphatic carbocycles.